The van der Waals surface area contributed by atoms with E-state index in [0.29, 0.717) is 23.3 Å². The second kappa shape index (κ2) is 5.36. The van der Waals surface area contributed by atoms with Crippen LogP contribution in [0.1, 0.15) is 20.3 Å². The lowest BCUT2D eigenvalue weighted by atomic mass is 10.1. The Bertz CT molecular complexity index is 586. The summed E-state index contributed by atoms with van der Waals surface area (Å²) in [6.45, 7) is 3.23. The van der Waals surface area contributed by atoms with Crippen molar-refractivity contribution in [3.05, 3.63) is 18.2 Å². The summed E-state index contributed by atoms with van der Waals surface area (Å²) in [4.78, 5) is 23.2. The van der Waals surface area contributed by atoms with Crippen LogP contribution in [0.5, 0.6) is 5.75 Å². The van der Waals surface area contributed by atoms with E-state index in [4.69, 9.17) is 13.9 Å². The van der Waals surface area contributed by atoms with E-state index in [0.717, 1.165) is 0 Å². The van der Waals surface area contributed by atoms with Gasteiger partial charge in [-0.2, -0.15) is 0 Å². The van der Waals surface area contributed by atoms with Crippen LogP contribution in [-0.2, 0) is 14.3 Å². The number of halogens is 1. The number of hydrogen-bond donors (Lipinski definition) is 0. The Hall–Kier alpha value is -1.31. The van der Waals surface area contributed by atoms with Crippen LogP contribution in [0.15, 0.2) is 22.6 Å². The number of ether oxygens (including phenoxy) is 2. The molecule has 5 nitrogen and oxygen atoms in total. The molecule has 0 saturated carbocycles. The van der Waals surface area contributed by atoms with Crippen LogP contribution in [0.25, 0.3) is 11.2 Å². The van der Waals surface area contributed by atoms with E-state index in [9.17, 15) is 9.59 Å². The highest BCUT2D eigenvalue weighted by molar-refractivity contribution is 14.1. The smallest absolute Gasteiger partial charge is 0.349 e. The minimum absolute atomic E-state index is 0.353. The summed E-state index contributed by atoms with van der Waals surface area (Å²) >= 11 is 2.00. The molecular weight excluding hydrogens is 363 g/mol. The molecule has 2 aromatic heterocycles. The third kappa shape index (κ3) is 3.17. The molecule has 1 unspecified atom stereocenters. The van der Waals surface area contributed by atoms with Gasteiger partial charge in [0.1, 0.15) is 9.00 Å². The zero-order valence-corrected chi connectivity index (χ0v) is 12.7. The van der Waals surface area contributed by atoms with Gasteiger partial charge in [0.05, 0.1) is 0 Å². The number of carbonyl (C=O) groups excluding carboxylic acids is 2. The number of carbonyl (C=O) groups is 2. The summed E-state index contributed by atoms with van der Waals surface area (Å²) in [5, 5.41) is 0. The van der Waals surface area contributed by atoms with Gasteiger partial charge in [-0.1, -0.05) is 29.5 Å². The maximum Gasteiger partial charge on any atom is 0.349 e. The Kier molecular flexibility index (Phi) is 3.98. The SMILES string of the molecule is CCC(C)(I)C(=O)OCC(=O)Oc1cc2ccc1o2. The van der Waals surface area contributed by atoms with Crippen LogP contribution in [0, 0.1) is 0 Å². The first-order chi connectivity index (χ1) is 8.92. The molecule has 0 spiro atoms. The topological polar surface area (TPSA) is 65.7 Å². The third-order valence-electron chi connectivity index (χ3n) is 2.78. The lowest BCUT2D eigenvalue weighted by molar-refractivity contribution is -0.154. The van der Waals surface area contributed by atoms with Crippen molar-refractivity contribution < 1.29 is 23.5 Å². The fourth-order valence-corrected chi connectivity index (χ4v) is 1.57. The number of alkyl halides is 1. The van der Waals surface area contributed by atoms with Crippen molar-refractivity contribution >= 4 is 45.7 Å². The van der Waals surface area contributed by atoms with E-state index in [2.05, 4.69) is 0 Å². The Morgan fingerprint density at radius 1 is 1.42 bits per heavy atom. The van der Waals surface area contributed by atoms with Crippen LogP contribution in [0.2, 0.25) is 0 Å². The molecule has 0 radical (unpaired) electrons. The van der Waals surface area contributed by atoms with Gasteiger partial charge >= 0.3 is 11.9 Å². The predicted molar refractivity (Wildman–Crippen MR) is 76.7 cm³/mol. The molecule has 0 N–H and O–H groups in total. The summed E-state index contributed by atoms with van der Waals surface area (Å²) in [6.07, 6.45) is 0.626. The largest absolute Gasteiger partial charge is 0.453 e. The summed E-state index contributed by atoms with van der Waals surface area (Å²) < 4.78 is 14.6. The number of esters is 2. The lowest BCUT2D eigenvalue weighted by Gasteiger charge is -2.17. The van der Waals surface area contributed by atoms with Gasteiger partial charge in [-0.15, -0.1) is 0 Å². The molecule has 0 saturated heterocycles. The summed E-state index contributed by atoms with van der Waals surface area (Å²) in [5.41, 5.74) is 1.14. The van der Waals surface area contributed by atoms with E-state index < -0.39 is 22.0 Å². The van der Waals surface area contributed by atoms with Gasteiger partial charge in [-0.25, -0.2) is 4.79 Å². The van der Waals surface area contributed by atoms with Gasteiger partial charge in [0, 0.05) is 6.07 Å². The molecule has 6 heteroatoms. The minimum Gasteiger partial charge on any atom is -0.453 e. The molecule has 0 amide bonds. The Morgan fingerprint density at radius 3 is 2.68 bits per heavy atom. The Balaban J connectivity index is 1.85. The van der Waals surface area contributed by atoms with E-state index in [1.807, 2.05) is 29.5 Å². The van der Waals surface area contributed by atoms with Crippen LogP contribution >= 0.6 is 22.6 Å². The maximum absolute atomic E-state index is 11.7. The first kappa shape index (κ1) is 14.1. The minimum atomic E-state index is -0.625. The average molecular weight is 376 g/mol. The van der Waals surface area contributed by atoms with Crippen molar-refractivity contribution in [2.75, 3.05) is 6.61 Å². The number of rotatable bonds is 5. The van der Waals surface area contributed by atoms with Crippen molar-refractivity contribution in [2.45, 2.75) is 23.7 Å². The van der Waals surface area contributed by atoms with Gasteiger partial charge in [-0.3, -0.25) is 4.79 Å². The van der Waals surface area contributed by atoms with Gasteiger partial charge in [0.2, 0.25) is 0 Å². The normalized spacial score (nSPS) is 14.3. The fraction of sp³-hybridized carbons (Fsp3) is 0.385. The lowest BCUT2D eigenvalue weighted by Crippen LogP contribution is -2.31. The zero-order valence-electron chi connectivity index (χ0n) is 10.6. The van der Waals surface area contributed by atoms with Gasteiger partial charge in [0.15, 0.2) is 17.9 Å². The molecule has 0 aliphatic carbocycles. The first-order valence-corrected chi connectivity index (χ1v) is 6.89. The highest BCUT2D eigenvalue weighted by Gasteiger charge is 2.30. The number of hydrogen-bond acceptors (Lipinski definition) is 5. The van der Waals surface area contributed by atoms with Gasteiger partial charge in [0.25, 0.3) is 0 Å². The molecule has 2 heterocycles. The fourth-order valence-electron chi connectivity index (χ4n) is 1.41. The van der Waals surface area contributed by atoms with Crippen molar-refractivity contribution in [2.24, 2.45) is 0 Å². The van der Waals surface area contributed by atoms with Gasteiger partial charge in [-0.05, 0) is 25.5 Å². The highest BCUT2D eigenvalue weighted by atomic mass is 127. The summed E-state index contributed by atoms with van der Waals surface area (Å²) in [6, 6.07) is 5.10. The second-order valence-electron chi connectivity index (χ2n) is 4.31. The maximum atomic E-state index is 11.7. The molecule has 0 fully saturated rings. The molecule has 1 atom stereocenters. The predicted octanol–water partition coefficient (Wildman–Crippen LogP) is 2.92. The molecule has 0 aliphatic heterocycles. The van der Waals surface area contributed by atoms with Crippen LogP contribution < -0.4 is 4.74 Å². The highest BCUT2D eigenvalue weighted by Crippen LogP contribution is 2.29. The average Bonchev–Trinajstić information content (AvgIpc) is 2.98. The van der Waals surface area contributed by atoms with Crippen LogP contribution in [0.3, 0.4) is 0 Å². The Labute approximate surface area is 123 Å². The van der Waals surface area contributed by atoms with E-state index in [1.165, 1.54) is 0 Å². The van der Waals surface area contributed by atoms with Crippen LogP contribution in [-0.4, -0.2) is 22.0 Å². The summed E-state index contributed by atoms with van der Waals surface area (Å²) in [7, 11) is 0. The van der Waals surface area contributed by atoms with Crippen molar-refractivity contribution in [1.29, 1.82) is 0 Å². The number of benzene rings is 1. The third-order valence-corrected chi connectivity index (χ3v) is 3.98. The molecule has 102 valence electrons. The molecule has 19 heavy (non-hydrogen) atoms. The molecule has 2 aromatic rings. The van der Waals surface area contributed by atoms with Gasteiger partial charge < -0.3 is 13.9 Å². The summed E-state index contributed by atoms with van der Waals surface area (Å²) in [5.74, 6) is -0.695. The Morgan fingerprint density at radius 2 is 2.16 bits per heavy atom. The first-order valence-electron chi connectivity index (χ1n) is 5.81. The zero-order chi connectivity index (χ0) is 14.0. The molecular formula is C13H13IO5. The molecule has 0 aliphatic rings. The van der Waals surface area contributed by atoms with Crippen molar-refractivity contribution in [3.8, 4) is 5.75 Å². The monoisotopic (exact) mass is 376 g/mol. The van der Waals surface area contributed by atoms with E-state index in [1.54, 1.807) is 25.1 Å². The molecule has 2 rings (SSSR count). The van der Waals surface area contributed by atoms with Crippen LogP contribution in [0.4, 0.5) is 0 Å². The number of furan rings is 2. The van der Waals surface area contributed by atoms with Crippen molar-refractivity contribution in [3.63, 3.8) is 0 Å². The number of fused-ring (bicyclic) bond motifs is 2. The quantitative estimate of drug-likeness (QED) is 0.348. The van der Waals surface area contributed by atoms with E-state index >= 15 is 0 Å². The van der Waals surface area contributed by atoms with Crippen molar-refractivity contribution in [1.82, 2.24) is 0 Å². The molecule has 0 aromatic carbocycles. The molecule has 2 bridgehead atoms. The van der Waals surface area contributed by atoms with E-state index in [-0.39, 0.29) is 0 Å². The second-order valence-corrected chi connectivity index (χ2v) is 6.69. The standard InChI is InChI=1S/C13H13IO5/c1-3-13(2,14)12(16)17-7-11(15)19-10-6-8-4-5-9(10)18-8/h4-6H,3,7H2,1-2H3.